The summed E-state index contributed by atoms with van der Waals surface area (Å²) in [6.45, 7) is 1.01. The molecule has 0 radical (unpaired) electrons. The number of carbonyl (C=O) groups excluding carboxylic acids is 1. The highest BCUT2D eigenvalue weighted by atomic mass is 19.1. The van der Waals surface area contributed by atoms with Gasteiger partial charge in [-0.3, -0.25) is 4.79 Å². The first-order valence-corrected chi connectivity index (χ1v) is 5.58. The molecular formula is C12H13FN2O3. The van der Waals surface area contributed by atoms with Crippen LogP contribution in [0.2, 0.25) is 0 Å². The summed E-state index contributed by atoms with van der Waals surface area (Å²) in [4.78, 5) is 24.3. The molecule has 1 unspecified atom stereocenters. The van der Waals surface area contributed by atoms with Crippen molar-refractivity contribution in [1.82, 2.24) is 10.2 Å². The lowest BCUT2D eigenvalue weighted by molar-refractivity contribution is -0.151. The molecule has 0 aliphatic carbocycles. The predicted molar refractivity (Wildman–Crippen MR) is 61.4 cm³/mol. The zero-order valence-electron chi connectivity index (χ0n) is 9.60. The van der Waals surface area contributed by atoms with Gasteiger partial charge in [-0.2, -0.15) is 0 Å². The Balaban J connectivity index is 2.30. The van der Waals surface area contributed by atoms with Gasteiger partial charge in [0.15, 0.2) is 6.04 Å². The second kappa shape index (κ2) is 5.14. The quantitative estimate of drug-likeness (QED) is 0.816. The summed E-state index contributed by atoms with van der Waals surface area (Å²) in [6, 6.07) is 4.11. The lowest BCUT2D eigenvalue weighted by Gasteiger charge is -2.32. The standard InChI is InChI=1S/C12H13FN2O3/c13-9-3-1-8(2-4-9)11(12(17)18)15-6-5-14-7-10(15)16/h1-4,11,14H,5-7H2,(H,17,18). The summed E-state index contributed by atoms with van der Waals surface area (Å²) in [5.74, 6) is -1.82. The number of halogens is 1. The highest BCUT2D eigenvalue weighted by Gasteiger charge is 2.32. The maximum absolute atomic E-state index is 12.8. The molecule has 0 spiro atoms. The average Bonchev–Trinajstić information content (AvgIpc) is 2.34. The minimum absolute atomic E-state index is 0.130. The molecule has 1 saturated heterocycles. The molecule has 1 atom stereocenters. The van der Waals surface area contributed by atoms with Crippen molar-refractivity contribution in [3.8, 4) is 0 Å². The van der Waals surface area contributed by atoms with Crippen LogP contribution in [0.15, 0.2) is 24.3 Å². The highest BCUT2D eigenvalue weighted by molar-refractivity contribution is 5.86. The largest absolute Gasteiger partial charge is 0.479 e. The second-order valence-corrected chi connectivity index (χ2v) is 4.06. The van der Waals surface area contributed by atoms with E-state index in [1.807, 2.05) is 0 Å². The van der Waals surface area contributed by atoms with Crippen molar-refractivity contribution in [1.29, 1.82) is 0 Å². The van der Waals surface area contributed by atoms with Crippen molar-refractivity contribution in [2.45, 2.75) is 6.04 Å². The van der Waals surface area contributed by atoms with Crippen LogP contribution in [0.25, 0.3) is 0 Å². The van der Waals surface area contributed by atoms with Gasteiger partial charge in [0.2, 0.25) is 5.91 Å². The van der Waals surface area contributed by atoms with E-state index < -0.39 is 17.8 Å². The fraction of sp³-hybridized carbons (Fsp3) is 0.333. The van der Waals surface area contributed by atoms with E-state index in [4.69, 9.17) is 0 Å². The number of nitrogens with one attached hydrogen (secondary N) is 1. The van der Waals surface area contributed by atoms with E-state index in [0.29, 0.717) is 18.7 Å². The van der Waals surface area contributed by atoms with Crippen LogP contribution in [-0.2, 0) is 9.59 Å². The van der Waals surface area contributed by atoms with Crippen LogP contribution in [0.3, 0.4) is 0 Å². The number of hydrogen-bond donors (Lipinski definition) is 2. The molecule has 1 fully saturated rings. The molecule has 0 saturated carbocycles. The molecule has 1 aliphatic rings. The summed E-state index contributed by atoms with van der Waals surface area (Å²) in [6.07, 6.45) is 0. The number of nitrogens with zero attached hydrogens (tertiary/aromatic N) is 1. The smallest absolute Gasteiger partial charge is 0.331 e. The lowest BCUT2D eigenvalue weighted by Crippen LogP contribution is -2.51. The number of carbonyl (C=O) groups is 2. The number of aliphatic carboxylic acids is 1. The van der Waals surface area contributed by atoms with E-state index in [-0.39, 0.29) is 12.5 Å². The third-order valence-electron chi connectivity index (χ3n) is 2.86. The van der Waals surface area contributed by atoms with Crippen LogP contribution < -0.4 is 5.32 Å². The van der Waals surface area contributed by atoms with Crippen LogP contribution in [0.5, 0.6) is 0 Å². The number of carboxylic acid groups (broad SMARTS) is 1. The van der Waals surface area contributed by atoms with Crippen molar-refractivity contribution in [2.75, 3.05) is 19.6 Å². The molecule has 96 valence electrons. The van der Waals surface area contributed by atoms with Crippen LogP contribution in [0.1, 0.15) is 11.6 Å². The first-order chi connectivity index (χ1) is 8.59. The van der Waals surface area contributed by atoms with Gasteiger partial charge >= 0.3 is 5.97 Å². The molecule has 18 heavy (non-hydrogen) atoms. The number of rotatable bonds is 3. The summed E-state index contributed by atoms with van der Waals surface area (Å²) in [5, 5.41) is 12.1. The molecular weight excluding hydrogens is 239 g/mol. The van der Waals surface area contributed by atoms with E-state index in [1.165, 1.54) is 29.2 Å². The van der Waals surface area contributed by atoms with Gasteiger partial charge in [0.25, 0.3) is 0 Å². The Kier molecular flexibility index (Phi) is 3.57. The van der Waals surface area contributed by atoms with Gasteiger partial charge in [0.05, 0.1) is 6.54 Å². The fourth-order valence-corrected chi connectivity index (χ4v) is 2.00. The van der Waals surface area contributed by atoms with Gasteiger partial charge in [-0.05, 0) is 17.7 Å². The van der Waals surface area contributed by atoms with E-state index in [0.717, 1.165) is 0 Å². The van der Waals surface area contributed by atoms with Gasteiger partial charge in [0.1, 0.15) is 5.82 Å². The van der Waals surface area contributed by atoms with E-state index in [2.05, 4.69) is 5.32 Å². The highest BCUT2D eigenvalue weighted by Crippen LogP contribution is 2.22. The number of carboxylic acids is 1. The normalized spacial score (nSPS) is 17.6. The van der Waals surface area contributed by atoms with Gasteiger partial charge in [0, 0.05) is 13.1 Å². The predicted octanol–water partition coefficient (Wildman–Crippen LogP) is 0.383. The van der Waals surface area contributed by atoms with Gasteiger partial charge in [-0.15, -0.1) is 0 Å². The Labute approximate surface area is 103 Å². The summed E-state index contributed by atoms with van der Waals surface area (Å²) in [7, 11) is 0. The molecule has 0 bridgehead atoms. The molecule has 2 rings (SSSR count). The lowest BCUT2D eigenvalue weighted by atomic mass is 10.0. The second-order valence-electron chi connectivity index (χ2n) is 4.06. The number of benzene rings is 1. The molecule has 0 aromatic heterocycles. The van der Waals surface area contributed by atoms with E-state index >= 15 is 0 Å². The van der Waals surface area contributed by atoms with Crippen molar-refractivity contribution in [3.63, 3.8) is 0 Å². The third kappa shape index (κ3) is 2.48. The Bertz CT molecular complexity index is 461. The Hall–Kier alpha value is -1.95. The fourth-order valence-electron chi connectivity index (χ4n) is 2.00. The van der Waals surface area contributed by atoms with Gasteiger partial charge in [-0.1, -0.05) is 12.1 Å². The Morgan fingerprint density at radius 3 is 2.61 bits per heavy atom. The van der Waals surface area contributed by atoms with Crippen LogP contribution in [-0.4, -0.2) is 41.5 Å². The van der Waals surface area contributed by atoms with Crippen LogP contribution >= 0.6 is 0 Å². The zero-order chi connectivity index (χ0) is 13.1. The average molecular weight is 252 g/mol. The number of hydrogen-bond acceptors (Lipinski definition) is 3. The maximum Gasteiger partial charge on any atom is 0.331 e. The topological polar surface area (TPSA) is 69.6 Å². The maximum atomic E-state index is 12.8. The SMILES string of the molecule is O=C(O)C(c1ccc(F)cc1)N1CCNCC1=O. The Morgan fingerprint density at radius 1 is 1.39 bits per heavy atom. The molecule has 1 amide bonds. The molecule has 1 heterocycles. The summed E-state index contributed by atoms with van der Waals surface area (Å²) < 4.78 is 12.8. The van der Waals surface area contributed by atoms with Crippen molar-refractivity contribution < 1.29 is 19.1 Å². The number of piperazine rings is 1. The molecule has 1 aromatic carbocycles. The summed E-state index contributed by atoms with van der Waals surface area (Å²) >= 11 is 0. The number of amides is 1. The van der Waals surface area contributed by atoms with Crippen molar-refractivity contribution in [2.24, 2.45) is 0 Å². The van der Waals surface area contributed by atoms with Crippen LogP contribution in [0, 0.1) is 5.82 Å². The molecule has 1 aliphatic heterocycles. The first-order valence-electron chi connectivity index (χ1n) is 5.58. The molecule has 6 heteroatoms. The minimum atomic E-state index is -1.11. The molecule has 5 nitrogen and oxygen atoms in total. The van der Waals surface area contributed by atoms with E-state index in [1.54, 1.807) is 0 Å². The zero-order valence-corrected chi connectivity index (χ0v) is 9.60. The van der Waals surface area contributed by atoms with E-state index in [9.17, 15) is 19.1 Å². The van der Waals surface area contributed by atoms with Crippen molar-refractivity contribution >= 4 is 11.9 Å². The van der Waals surface area contributed by atoms with Crippen molar-refractivity contribution in [3.05, 3.63) is 35.6 Å². The third-order valence-corrected chi connectivity index (χ3v) is 2.86. The van der Waals surface area contributed by atoms with Gasteiger partial charge in [-0.25, -0.2) is 9.18 Å². The first kappa shape index (κ1) is 12.5. The Morgan fingerprint density at radius 2 is 2.06 bits per heavy atom. The monoisotopic (exact) mass is 252 g/mol. The summed E-state index contributed by atoms with van der Waals surface area (Å²) in [5.41, 5.74) is 0.402. The molecule has 2 N–H and O–H groups in total. The molecule has 1 aromatic rings. The minimum Gasteiger partial charge on any atom is -0.479 e. The van der Waals surface area contributed by atoms with Crippen LogP contribution in [0.4, 0.5) is 4.39 Å². The van der Waals surface area contributed by atoms with Gasteiger partial charge < -0.3 is 15.3 Å².